The summed E-state index contributed by atoms with van der Waals surface area (Å²) >= 11 is 0. The number of hydrogen-bond donors (Lipinski definition) is 1. The Labute approximate surface area is 85.5 Å². The van der Waals surface area contributed by atoms with Crippen LogP contribution in [0.2, 0.25) is 0 Å². The first-order valence-corrected chi connectivity index (χ1v) is 5.11. The molecule has 0 heterocycles. The van der Waals surface area contributed by atoms with Crippen LogP contribution in [-0.4, -0.2) is 25.7 Å². The van der Waals surface area contributed by atoms with Crippen LogP contribution < -0.4 is 5.32 Å². The lowest BCUT2D eigenvalue weighted by molar-refractivity contribution is -0.122. The van der Waals surface area contributed by atoms with E-state index < -0.39 is 0 Å². The van der Waals surface area contributed by atoms with Gasteiger partial charge in [-0.25, -0.2) is 0 Å². The van der Waals surface area contributed by atoms with Crippen molar-refractivity contribution in [2.24, 2.45) is 11.8 Å². The van der Waals surface area contributed by atoms with Gasteiger partial charge in [0.25, 0.3) is 0 Å². The second kappa shape index (κ2) is 5.15. The Bertz CT molecular complexity index is 225. The number of ether oxygens (including phenoxy) is 1. The summed E-state index contributed by atoms with van der Waals surface area (Å²) in [6, 6.07) is 0. The molecule has 0 aliphatic heterocycles. The Kier molecular flexibility index (Phi) is 4.14. The van der Waals surface area contributed by atoms with Crippen LogP contribution in [0.3, 0.4) is 0 Å². The summed E-state index contributed by atoms with van der Waals surface area (Å²) in [5.41, 5.74) is 1.01. The van der Waals surface area contributed by atoms with Crippen molar-refractivity contribution < 1.29 is 9.53 Å². The normalized spacial score (nSPS) is 24.4. The molecule has 1 fully saturated rings. The van der Waals surface area contributed by atoms with Crippen LogP contribution in [0.4, 0.5) is 0 Å². The number of carbonyl (C=O) groups is 1. The average Bonchev–Trinajstić information content (AvgIpc) is 2.81. The zero-order valence-corrected chi connectivity index (χ0v) is 9.01. The molecule has 1 aliphatic carbocycles. The largest absolute Gasteiger partial charge is 0.375 e. The van der Waals surface area contributed by atoms with E-state index in [9.17, 15) is 4.79 Å². The summed E-state index contributed by atoms with van der Waals surface area (Å²) in [6.45, 7) is 9.50. The standard InChI is InChI=1S/C11H19NO2/c1-8(2)7-14-5-4-12-11(13)10-6-9(10)3/h9-10H,1,4-7H2,2-3H3,(H,12,13). The fourth-order valence-electron chi connectivity index (χ4n) is 1.31. The number of amides is 1. The van der Waals surface area contributed by atoms with E-state index in [4.69, 9.17) is 4.74 Å². The highest BCUT2D eigenvalue weighted by Gasteiger charge is 2.38. The van der Waals surface area contributed by atoms with Gasteiger partial charge in [-0.05, 0) is 19.3 Å². The van der Waals surface area contributed by atoms with Gasteiger partial charge in [0.15, 0.2) is 0 Å². The Morgan fingerprint density at radius 3 is 2.79 bits per heavy atom. The summed E-state index contributed by atoms with van der Waals surface area (Å²) in [6.07, 6.45) is 1.04. The zero-order chi connectivity index (χ0) is 10.6. The number of rotatable bonds is 6. The maximum atomic E-state index is 11.3. The van der Waals surface area contributed by atoms with Crippen molar-refractivity contribution in [3.8, 4) is 0 Å². The van der Waals surface area contributed by atoms with Crippen LogP contribution in [0.5, 0.6) is 0 Å². The summed E-state index contributed by atoms with van der Waals surface area (Å²) in [5.74, 6) is 1.01. The SMILES string of the molecule is C=C(C)COCCNC(=O)C1CC1C. The molecular weight excluding hydrogens is 178 g/mol. The van der Waals surface area contributed by atoms with Gasteiger partial charge in [0.1, 0.15) is 0 Å². The molecule has 0 aromatic heterocycles. The Balaban J connectivity index is 1.93. The molecule has 2 unspecified atom stereocenters. The molecule has 2 atom stereocenters. The third kappa shape index (κ3) is 3.92. The van der Waals surface area contributed by atoms with E-state index in [0.29, 0.717) is 25.7 Å². The topological polar surface area (TPSA) is 38.3 Å². The van der Waals surface area contributed by atoms with Gasteiger partial charge in [-0.2, -0.15) is 0 Å². The minimum absolute atomic E-state index is 0.177. The van der Waals surface area contributed by atoms with E-state index in [-0.39, 0.29) is 11.8 Å². The van der Waals surface area contributed by atoms with Gasteiger partial charge in [0.2, 0.25) is 5.91 Å². The summed E-state index contributed by atoms with van der Waals surface area (Å²) in [5, 5.41) is 2.86. The molecule has 3 nitrogen and oxygen atoms in total. The van der Waals surface area contributed by atoms with Crippen LogP contribution in [0.1, 0.15) is 20.3 Å². The van der Waals surface area contributed by atoms with Crippen LogP contribution in [0.25, 0.3) is 0 Å². The third-order valence-corrected chi connectivity index (χ3v) is 2.34. The molecule has 1 saturated carbocycles. The Morgan fingerprint density at radius 2 is 2.29 bits per heavy atom. The van der Waals surface area contributed by atoms with Gasteiger partial charge in [0.05, 0.1) is 13.2 Å². The molecule has 1 rings (SSSR count). The number of hydrogen-bond acceptors (Lipinski definition) is 2. The highest BCUT2D eigenvalue weighted by atomic mass is 16.5. The van der Waals surface area contributed by atoms with Crippen molar-refractivity contribution in [3.05, 3.63) is 12.2 Å². The molecule has 14 heavy (non-hydrogen) atoms. The predicted molar refractivity (Wildman–Crippen MR) is 55.9 cm³/mol. The van der Waals surface area contributed by atoms with Gasteiger partial charge < -0.3 is 10.1 Å². The van der Waals surface area contributed by atoms with Gasteiger partial charge in [-0.15, -0.1) is 0 Å². The first-order valence-electron chi connectivity index (χ1n) is 5.11. The molecule has 0 spiro atoms. The molecule has 1 amide bonds. The molecule has 0 bridgehead atoms. The minimum Gasteiger partial charge on any atom is -0.375 e. The van der Waals surface area contributed by atoms with Crippen molar-refractivity contribution in [2.45, 2.75) is 20.3 Å². The van der Waals surface area contributed by atoms with Crippen LogP contribution in [0, 0.1) is 11.8 Å². The Hall–Kier alpha value is -0.830. The molecule has 0 aromatic carbocycles. The summed E-state index contributed by atoms with van der Waals surface area (Å²) in [4.78, 5) is 11.3. The molecule has 0 saturated heterocycles. The molecule has 80 valence electrons. The van der Waals surface area contributed by atoms with E-state index in [1.54, 1.807) is 0 Å². The van der Waals surface area contributed by atoms with Crippen molar-refractivity contribution >= 4 is 5.91 Å². The van der Waals surface area contributed by atoms with E-state index in [1.165, 1.54) is 0 Å². The van der Waals surface area contributed by atoms with E-state index in [1.807, 2.05) is 6.92 Å². The fourth-order valence-corrected chi connectivity index (χ4v) is 1.31. The maximum Gasteiger partial charge on any atom is 0.223 e. The highest BCUT2D eigenvalue weighted by molar-refractivity contribution is 5.81. The monoisotopic (exact) mass is 197 g/mol. The molecule has 0 aromatic rings. The average molecular weight is 197 g/mol. The second-order valence-electron chi connectivity index (χ2n) is 4.12. The minimum atomic E-state index is 0.177. The first kappa shape index (κ1) is 11.2. The fraction of sp³-hybridized carbons (Fsp3) is 0.727. The lowest BCUT2D eigenvalue weighted by Gasteiger charge is -2.05. The molecule has 0 radical (unpaired) electrons. The van der Waals surface area contributed by atoms with Crippen LogP contribution in [-0.2, 0) is 9.53 Å². The van der Waals surface area contributed by atoms with Crippen LogP contribution >= 0.6 is 0 Å². The van der Waals surface area contributed by atoms with Crippen molar-refractivity contribution in [2.75, 3.05) is 19.8 Å². The lowest BCUT2D eigenvalue weighted by Crippen LogP contribution is -2.29. The number of nitrogens with one attached hydrogen (secondary N) is 1. The van der Waals surface area contributed by atoms with E-state index >= 15 is 0 Å². The molecule has 1 aliphatic rings. The van der Waals surface area contributed by atoms with Crippen molar-refractivity contribution in [3.63, 3.8) is 0 Å². The van der Waals surface area contributed by atoms with Crippen molar-refractivity contribution in [1.29, 1.82) is 0 Å². The highest BCUT2D eigenvalue weighted by Crippen LogP contribution is 2.37. The lowest BCUT2D eigenvalue weighted by atomic mass is 10.3. The summed E-state index contributed by atoms with van der Waals surface area (Å²) in [7, 11) is 0. The maximum absolute atomic E-state index is 11.3. The van der Waals surface area contributed by atoms with Crippen molar-refractivity contribution in [1.82, 2.24) is 5.32 Å². The van der Waals surface area contributed by atoms with Gasteiger partial charge in [0, 0.05) is 12.5 Å². The molecule has 1 N–H and O–H groups in total. The zero-order valence-electron chi connectivity index (χ0n) is 9.01. The third-order valence-electron chi connectivity index (χ3n) is 2.34. The van der Waals surface area contributed by atoms with E-state index in [2.05, 4.69) is 18.8 Å². The van der Waals surface area contributed by atoms with E-state index in [0.717, 1.165) is 12.0 Å². The summed E-state index contributed by atoms with van der Waals surface area (Å²) < 4.78 is 5.26. The molecular formula is C11H19NO2. The van der Waals surface area contributed by atoms with Gasteiger partial charge in [-0.3, -0.25) is 4.79 Å². The van der Waals surface area contributed by atoms with Gasteiger partial charge >= 0.3 is 0 Å². The Morgan fingerprint density at radius 1 is 1.64 bits per heavy atom. The smallest absolute Gasteiger partial charge is 0.223 e. The first-order chi connectivity index (χ1) is 6.61. The van der Waals surface area contributed by atoms with Crippen LogP contribution in [0.15, 0.2) is 12.2 Å². The predicted octanol–water partition coefficient (Wildman–Crippen LogP) is 1.35. The quantitative estimate of drug-likeness (QED) is 0.515. The molecule has 3 heteroatoms. The number of carbonyl (C=O) groups excluding carboxylic acids is 1. The second-order valence-corrected chi connectivity index (χ2v) is 4.12. The van der Waals surface area contributed by atoms with Gasteiger partial charge in [-0.1, -0.05) is 19.1 Å².